The van der Waals surface area contributed by atoms with E-state index in [1.54, 1.807) is 0 Å². The monoisotopic (exact) mass is 337 g/mol. The molecule has 3 aromatic rings. The molecule has 0 saturated heterocycles. The Balaban J connectivity index is 1.82. The van der Waals surface area contributed by atoms with Crippen molar-refractivity contribution in [1.82, 2.24) is 0 Å². The van der Waals surface area contributed by atoms with Gasteiger partial charge in [-0.15, -0.1) is 0 Å². The highest BCUT2D eigenvalue weighted by Gasteiger charge is 2.35. The van der Waals surface area contributed by atoms with E-state index >= 15 is 0 Å². The van der Waals surface area contributed by atoms with Crippen LogP contribution in [0.1, 0.15) is 25.0 Å². The fourth-order valence-corrected chi connectivity index (χ4v) is 3.95. The second kappa shape index (κ2) is 6.03. The average molecular weight is 337 g/mol. The minimum absolute atomic E-state index is 0.00216. The molecule has 1 aliphatic carbocycles. The standard InChI is InChI=1S/C25H23N/c1-5-24(19-11-7-6-10-17(19)2)26-18-14-15-21-20-12-8-9-13-22(20)25(3,4)23(21)16-18/h5-16,26H,1-2H2,3-4H3/b24-19+. The number of nitrogens with one attached hydrogen (secondary N) is 1. The van der Waals surface area contributed by atoms with Crippen molar-refractivity contribution >= 4 is 18.0 Å². The van der Waals surface area contributed by atoms with Gasteiger partial charge in [-0.2, -0.15) is 0 Å². The minimum Gasteiger partial charge on any atom is -0.355 e. The van der Waals surface area contributed by atoms with Gasteiger partial charge in [-0.1, -0.05) is 81.6 Å². The van der Waals surface area contributed by atoms with E-state index in [4.69, 9.17) is 0 Å². The molecule has 0 unspecified atom stereocenters. The Morgan fingerprint density at radius 1 is 0.885 bits per heavy atom. The van der Waals surface area contributed by atoms with Crippen LogP contribution in [0.2, 0.25) is 0 Å². The molecule has 1 N–H and O–H groups in total. The lowest BCUT2D eigenvalue weighted by molar-refractivity contribution is 0.660. The third kappa shape index (κ3) is 2.48. The molecule has 0 amide bonds. The van der Waals surface area contributed by atoms with Gasteiger partial charge in [0.1, 0.15) is 0 Å². The number of benzene rings is 3. The summed E-state index contributed by atoms with van der Waals surface area (Å²) < 4.78 is 0. The summed E-state index contributed by atoms with van der Waals surface area (Å²) in [5.74, 6) is 0. The zero-order valence-corrected chi connectivity index (χ0v) is 15.3. The van der Waals surface area contributed by atoms with Gasteiger partial charge in [0.25, 0.3) is 0 Å². The summed E-state index contributed by atoms with van der Waals surface area (Å²) in [4.78, 5) is 0. The van der Waals surface area contributed by atoms with Gasteiger partial charge in [0.15, 0.2) is 0 Å². The van der Waals surface area contributed by atoms with E-state index in [9.17, 15) is 0 Å². The van der Waals surface area contributed by atoms with Gasteiger partial charge < -0.3 is 5.32 Å². The summed E-state index contributed by atoms with van der Waals surface area (Å²) in [6, 6.07) is 23.4. The summed E-state index contributed by atoms with van der Waals surface area (Å²) in [6.45, 7) is 12.7. The van der Waals surface area contributed by atoms with Crippen molar-refractivity contribution in [3.8, 4) is 11.1 Å². The molecule has 0 spiro atoms. The maximum atomic E-state index is 4.13. The maximum absolute atomic E-state index is 4.13. The van der Waals surface area contributed by atoms with E-state index in [0.29, 0.717) is 0 Å². The normalized spacial score (nSPS) is 15.0. The van der Waals surface area contributed by atoms with E-state index < -0.39 is 0 Å². The first-order valence-corrected chi connectivity index (χ1v) is 8.94. The van der Waals surface area contributed by atoms with Crippen molar-refractivity contribution in [3.05, 3.63) is 101 Å². The SMILES string of the molecule is C=C/C(Nc1ccc2c(c1)C(C)(C)c1ccccc1-2)=c1/ccccc1=C. The molecule has 0 radical (unpaired) electrons. The molecule has 0 aliphatic heterocycles. The number of rotatable bonds is 3. The fraction of sp³-hybridized carbons (Fsp3) is 0.120. The third-order valence-corrected chi connectivity index (χ3v) is 5.37. The van der Waals surface area contributed by atoms with Crippen molar-refractivity contribution in [2.75, 3.05) is 5.32 Å². The molecular weight excluding hydrogens is 314 g/mol. The number of hydrogen-bond acceptors (Lipinski definition) is 1. The Kier molecular flexibility index (Phi) is 3.81. The van der Waals surface area contributed by atoms with Crippen molar-refractivity contribution in [3.63, 3.8) is 0 Å². The van der Waals surface area contributed by atoms with Crippen LogP contribution in [0, 0.1) is 0 Å². The van der Waals surface area contributed by atoms with Crippen LogP contribution in [-0.4, -0.2) is 0 Å². The van der Waals surface area contributed by atoms with E-state index in [0.717, 1.165) is 21.8 Å². The molecular formula is C25H23N. The van der Waals surface area contributed by atoms with Gasteiger partial charge in [-0.3, -0.25) is 0 Å². The summed E-state index contributed by atoms with van der Waals surface area (Å²) >= 11 is 0. The highest BCUT2D eigenvalue weighted by molar-refractivity contribution is 5.83. The smallest absolute Gasteiger partial charge is 0.0457 e. The molecule has 1 heteroatoms. The molecule has 0 saturated carbocycles. The molecule has 1 aliphatic rings. The van der Waals surface area contributed by atoms with Gasteiger partial charge >= 0.3 is 0 Å². The predicted octanol–water partition coefficient (Wildman–Crippen LogP) is 4.81. The quantitative estimate of drug-likeness (QED) is 0.723. The van der Waals surface area contributed by atoms with Crippen LogP contribution in [0.4, 0.5) is 5.69 Å². The first-order chi connectivity index (χ1) is 12.5. The maximum Gasteiger partial charge on any atom is 0.0457 e. The number of hydrogen-bond donors (Lipinski definition) is 1. The highest BCUT2D eigenvalue weighted by Crippen LogP contribution is 2.49. The molecule has 3 aromatic carbocycles. The topological polar surface area (TPSA) is 12.0 Å². The van der Waals surface area contributed by atoms with Gasteiger partial charge in [0.2, 0.25) is 0 Å². The van der Waals surface area contributed by atoms with Gasteiger partial charge in [0.05, 0.1) is 0 Å². The number of fused-ring (bicyclic) bond motifs is 3. The molecule has 0 atom stereocenters. The van der Waals surface area contributed by atoms with Gasteiger partial charge in [-0.05, 0) is 45.7 Å². The van der Waals surface area contributed by atoms with Crippen LogP contribution in [-0.2, 0) is 5.41 Å². The largest absolute Gasteiger partial charge is 0.355 e. The van der Waals surface area contributed by atoms with E-state index in [-0.39, 0.29) is 5.41 Å². The van der Waals surface area contributed by atoms with Gasteiger partial charge in [0, 0.05) is 22.0 Å². The molecule has 0 fully saturated rings. The Morgan fingerprint density at radius 2 is 1.58 bits per heavy atom. The lowest BCUT2D eigenvalue weighted by atomic mass is 9.82. The molecule has 1 nitrogen and oxygen atoms in total. The lowest BCUT2D eigenvalue weighted by Gasteiger charge is -2.22. The van der Waals surface area contributed by atoms with E-state index in [1.165, 1.54) is 22.3 Å². The zero-order chi connectivity index (χ0) is 18.3. The molecule has 128 valence electrons. The Labute approximate surface area is 155 Å². The average Bonchev–Trinajstić information content (AvgIpc) is 2.88. The molecule has 0 bridgehead atoms. The van der Waals surface area contributed by atoms with Crippen molar-refractivity contribution in [2.45, 2.75) is 19.3 Å². The van der Waals surface area contributed by atoms with Crippen LogP contribution >= 0.6 is 0 Å². The molecule has 26 heavy (non-hydrogen) atoms. The summed E-state index contributed by atoms with van der Waals surface area (Å²) in [6.07, 6.45) is 1.86. The minimum atomic E-state index is 0.00216. The van der Waals surface area contributed by atoms with Crippen LogP contribution < -0.4 is 15.8 Å². The predicted molar refractivity (Wildman–Crippen MR) is 112 cm³/mol. The molecule has 0 heterocycles. The van der Waals surface area contributed by atoms with Crippen LogP contribution in [0.25, 0.3) is 23.4 Å². The van der Waals surface area contributed by atoms with Gasteiger partial charge in [-0.25, -0.2) is 0 Å². The van der Waals surface area contributed by atoms with Crippen molar-refractivity contribution < 1.29 is 0 Å². The summed E-state index contributed by atoms with van der Waals surface area (Å²) in [5.41, 5.74) is 7.47. The van der Waals surface area contributed by atoms with Crippen LogP contribution in [0.5, 0.6) is 0 Å². The third-order valence-electron chi connectivity index (χ3n) is 5.37. The molecule has 0 aromatic heterocycles. The summed E-state index contributed by atoms with van der Waals surface area (Å²) in [5, 5.41) is 5.60. The Hall–Kier alpha value is -3.06. The fourth-order valence-electron chi connectivity index (χ4n) is 3.95. The Bertz CT molecular complexity index is 1120. The second-order valence-corrected chi connectivity index (χ2v) is 7.33. The van der Waals surface area contributed by atoms with Crippen LogP contribution in [0.15, 0.2) is 79.4 Å². The van der Waals surface area contributed by atoms with Crippen molar-refractivity contribution in [1.29, 1.82) is 0 Å². The summed E-state index contributed by atoms with van der Waals surface area (Å²) in [7, 11) is 0. The Morgan fingerprint density at radius 3 is 2.35 bits per heavy atom. The number of anilines is 1. The first-order valence-electron chi connectivity index (χ1n) is 8.94. The zero-order valence-electron chi connectivity index (χ0n) is 15.3. The first kappa shape index (κ1) is 16.4. The van der Waals surface area contributed by atoms with E-state index in [1.807, 2.05) is 24.3 Å². The van der Waals surface area contributed by atoms with Crippen LogP contribution in [0.3, 0.4) is 0 Å². The highest BCUT2D eigenvalue weighted by atomic mass is 14.9. The van der Waals surface area contributed by atoms with E-state index in [2.05, 4.69) is 80.9 Å². The lowest BCUT2D eigenvalue weighted by Crippen LogP contribution is -2.27. The second-order valence-electron chi connectivity index (χ2n) is 7.33. The molecule has 4 rings (SSSR count). The van der Waals surface area contributed by atoms with Crippen molar-refractivity contribution in [2.24, 2.45) is 0 Å².